The monoisotopic (exact) mass is 434 g/mol. The van der Waals surface area contributed by atoms with E-state index in [9.17, 15) is 14.4 Å². The summed E-state index contributed by atoms with van der Waals surface area (Å²) >= 11 is 0. The number of hydrogen-bond donors (Lipinski definition) is 0. The van der Waals surface area contributed by atoms with Gasteiger partial charge in [0.2, 0.25) is 0 Å². The van der Waals surface area contributed by atoms with Crippen molar-refractivity contribution in [3.05, 3.63) is 52.6 Å². The average Bonchev–Trinajstić information content (AvgIpc) is 2.44. The number of phosphoric ester groups is 1. The number of rotatable bonds is 3. The summed E-state index contributed by atoms with van der Waals surface area (Å²) in [5, 5.41) is 0. The molecule has 0 atom stereocenters. The molecule has 2 rings (SSSR count). The van der Waals surface area contributed by atoms with E-state index >= 15 is 0 Å². The fourth-order valence-corrected chi connectivity index (χ4v) is 3.68. The number of aryl methyl sites for hydroxylation is 2. The summed E-state index contributed by atoms with van der Waals surface area (Å²) in [6, 6.07) is 9.73. The standard InChI is InChI=1S/C22H31O4P.2Na/c1-14-9-16(12-17(10-14)21(3,4)5)18-11-15(2)19(22(6,7)8)13-20(18)26-27(23,24)25;;/h9-13H,1-8H3,(H2,23,24,25);;/q;2*+1/p-2. The molecule has 0 saturated heterocycles. The molecule has 0 amide bonds. The summed E-state index contributed by atoms with van der Waals surface area (Å²) in [4.78, 5) is 22.7. The van der Waals surface area contributed by atoms with Crippen molar-refractivity contribution >= 4 is 7.82 Å². The first-order valence-electron chi connectivity index (χ1n) is 9.07. The van der Waals surface area contributed by atoms with Crippen molar-refractivity contribution in [3.63, 3.8) is 0 Å². The summed E-state index contributed by atoms with van der Waals surface area (Å²) < 4.78 is 16.3. The van der Waals surface area contributed by atoms with Crippen molar-refractivity contribution in [1.29, 1.82) is 0 Å². The third kappa shape index (κ3) is 8.11. The fourth-order valence-electron chi connectivity index (χ4n) is 3.29. The van der Waals surface area contributed by atoms with Gasteiger partial charge in [-0.15, -0.1) is 0 Å². The Labute approximate surface area is 219 Å². The molecule has 0 spiro atoms. The van der Waals surface area contributed by atoms with Gasteiger partial charge in [0.1, 0.15) is 13.6 Å². The molecule has 0 N–H and O–H groups in total. The number of hydrogen-bond acceptors (Lipinski definition) is 4. The van der Waals surface area contributed by atoms with E-state index in [4.69, 9.17) is 4.52 Å². The van der Waals surface area contributed by atoms with Crippen LogP contribution in [0.4, 0.5) is 0 Å². The van der Waals surface area contributed by atoms with E-state index in [1.807, 2.05) is 52.8 Å². The first kappa shape index (κ1) is 29.4. The van der Waals surface area contributed by atoms with Crippen LogP contribution in [0.2, 0.25) is 0 Å². The molecule has 0 heterocycles. The zero-order chi connectivity index (χ0) is 20.8. The van der Waals surface area contributed by atoms with Gasteiger partial charge < -0.3 is 18.9 Å². The van der Waals surface area contributed by atoms with E-state index in [1.54, 1.807) is 6.07 Å². The second kappa shape index (κ2) is 10.3. The zero-order valence-electron chi connectivity index (χ0n) is 19.5. The molecular weight excluding hydrogens is 405 g/mol. The molecule has 4 nitrogen and oxygen atoms in total. The molecule has 0 unspecified atom stereocenters. The van der Waals surface area contributed by atoms with Crippen molar-refractivity contribution in [2.24, 2.45) is 0 Å². The summed E-state index contributed by atoms with van der Waals surface area (Å²) in [5.41, 5.74) is 5.35. The molecule has 0 bridgehead atoms. The van der Waals surface area contributed by atoms with Crippen LogP contribution in [0.3, 0.4) is 0 Å². The summed E-state index contributed by atoms with van der Waals surface area (Å²) in [6.45, 7) is 16.5. The Balaban J connectivity index is 0.00000392. The van der Waals surface area contributed by atoms with Gasteiger partial charge >= 0.3 is 59.1 Å². The zero-order valence-corrected chi connectivity index (χ0v) is 24.4. The van der Waals surface area contributed by atoms with Crippen molar-refractivity contribution < 1.29 is 78.0 Å². The van der Waals surface area contributed by atoms with Crippen LogP contribution in [-0.2, 0) is 15.4 Å². The van der Waals surface area contributed by atoms with Gasteiger partial charge in [0, 0.05) is 5.56 Å². The van der Waals surface area contributed by atoms with Crippen molar-refractivity contribution in [2.45, 2.75) is 66.2 Å². The molecule has 7 heteroatoms. The van der Waals surface area contributed by atoms with Crippen LogP contribution in [0.5, 0.6) is 5.75 Å². The van der Waals surface area contributed by atoms with Gasteiger partial charge in [-0.2, -0.15) is 0 Å². The van der Waals surface area contributed by atoms with Gasteiger partial charge in [0.05, 0.1) is 0 Å². The van der Waals surface area contributed by atoms with Crippen molar-refractivity contribution in [2.75, 3.05) is 0 Å². The normalized spacial score (nSPS) is 12.1. The molecule has 148 valence electrons. The summed E-state index contributed by atoms with van der Waals surface area (Å²) in [6.07, 6.45) is 0. The Morgan fingerprint density at radius 1 is 0.828 bits per heavy atom. The molecule has 0 fully saturated rings. The van der Waals surface area contributed by atoms with Crippen LogP contribution in [-0.4, -0.2) is 0 Å². The quantitative estimate of drug-likeness (QED) is 0.449. The molecule has 0 aliphatic heterocycles. The predicted octanol–water partition coefficient (Wildman–Crippen LogP) is -1.22. The first-order chi connectivity index (χ1) is 12.1. The summed E-state index contributed by atoms with van der Waals surface area (Å²) in [7, 11) is -5.18. The van der Waals surface area contributed by atoms with Crippen molar-refractivity contribution in [3.8, 4) is 16.9 Å². The summed E-state index contributed by atoms with van der Waals surface area (Å²) in [5.74, 6) is 0.0873. The Kier molecular flexibility index (Phi) is 10.5. The Morgan fingerprint density at radius 2 is 1.38 bits per heavy atom. The minimum atomic E-state index is -5.18. The second-order valence-electron chi connectivity index (χ2n) is 9.29. The Hall–Kier alpha value is 0.390. The van der Waals surface area contributed by atoms with E-state index in [-0.39, 0.29) is 75.7 Å². The van der Waals surface area contributed by atoms with E-state index in [0.29, 0.717) is 5.56 Å². The van der Waals surface area contributed by atoms with Crippen molar-refractivity contribution in [1.82, 2.24) is 0 Å². The smallest absolute Gasteiger partial charge is 0.780 e. The largest absolute Gasteiger partial charge is 1.00 e. The van der Waals surface area contributed by atoms with Crippen LogP contribution in [0, 0.1) is 13.8 Å². The first-order valence-corrected chi connectivity index (χ1v) is 10.5. The van der Waals surface area contributed by atoms with Crippen LogP contribution in [0.15, 0.2) is 30.3 Å². The maximum atomic E-state index is 11.4. The minimum Gasteiger partial charge on any atom is -0.780 e. The van der Waals surface area contributed by atoms with Gasteiger partial charge in [0.25, 0.3) is 0 Å². The SMILES string of the molecule is Cc1cc(-c2cc(C)c(C(C)(C)C)cc2OP(=O)([O-])[O-])cc(C(C)(C)C)c1.[Na+].[Na+]. The molecule has 0 saturated carbocycles. The third-order valence-electron chi connectivity index (χ3n) is 4.60. The molecule has 0 aliphatic rings. The number of phosphoric acid groups is 1. The van der Waals surface area contributed by atoms with Gasteiger partial charge in [0.15, 0.2) is 0 Å². The van der Waals surface area contributed by atoms with Gasteiger partial charge in [-0.05, 0) is 59.1 Å². The number of benzene rings is 2. The average molecular weight is 434 g/mol. The van der Waals surface area contributed by atoms with Crippen LogP contribution in [0.25, 0.3) is 11.1 Å². The van der Waals surface area contributed by atoms with Crippen LogP contribution in [0.1, 0.15) is 63.8 Å². The van der Waals surface area contributed by atoms with Gasteiger partial charge in [-0.3, -0.25) is 0 Å². The van der Waals surface area contributed by atoms with Crippen LogP contribution < -0.4 is 73.4 Å². The van der Waals surface area contributed by atoms with E-state index in [2.05, 4.69) is 26.8 Å². The molecular formula is C22H29Na2O4P. The van der Waals surface area contributed by atoms with E-state index in [0.717, 1.165) is 27.8 Å². The molecule has 0 aromatic heterocycles. The molecule has 2 aromatic carbocycles. The Bertz CT molecular complexity index is 906. The molecule has 2 aromatic rings. The van der Waals surface area contributed by atoms with Gasteiger partial charge in [-0.25, -0.2) is 0 Å². The molecule has 29 heavy (non-hydrogen) atoms. The van der Waals surface area contributed by atoms with Gasteiger partial charge in [-0.1, -0.05) is 65.3 Å². The van der Waals surface area contributed by atoms with E-state index < -0.39 is 7.82 Å². The van der Waals surface area contributed by atoms with Crippen LogP contribution >= 0.6 is 7.82 Å². The Morgan fingerprint density at radius 3 is 1.83 bits per heavy atom. The van der Waals surface area contributed by atoms with E-state index in [1.165, 1.54) is 0 Å². The predicted molar refractivity (Wildman–Crippen MR) is 107 cm³/mol. The maximum absolute atomic E-state index is 11.4. The third-order valence-corrected chi connectivity index (χ3v) is 5.02. The fraction of sp³-hybridized carbons (Fsp3) is 0.455. The molecule has 0 aliphatic carbocycles. The topological polar surface area (TPSA) is 72.4 Å². The molecule has 0 radical (unpaired) electrons. The second-order valence-corrected chi connectivity index (χ2v) is 10.4. The maximum Gasteiger partial charge on any atom is 1.00 e. The minimum absolute atomic E-state index is 0.